The van der Waals surface area contributed by atoms with Crippen molar-refractivity contribution in [3.8, 4) is 5.75 Å². The Bertz CT molecular complexity index is 1120. The van der Waals surface area contributed by atoms with Gasteiger partial charge in [0.1, 0.15) is 0 Å². The first kappa shape index (κ1) is 20.2. The molecule has 1 heterocycles. The molecule has 1 amide bonds. The third-order valence-corrected chi connectivity index (χ3v) is 5.50. The van der Waals surface area contributed by atoms with Crippen molar-refractivity contribution < 1.29 is 19.1 Å². The summed E-state index contributed by atoms with van der Waals surface area (Å²) in [6.45, 7) is 3.34. The SMILES string of the molecule is CNC(=O)C(C)c1c(C)n(C(=O)c2ccc(Cl)c(Cl)c2)c2cc(F)c(O)cc12. The van der Waals surface area contributed by atoms with Crippen molar-refractivity contribution in [2.75, 3.05) is 7.05 Å². The highest BCUT2D eigenvalue weighted by Crippen LogP contribution is 2.36. The fourth-order valence-electron chi connectivity index (χ4n) is 3.36. The molecule has 0 saturated carbocycles. The average molecular weight is 423 g/mol. The second kappa shape index (κ2) is 7.45. The third kappa shape index (κ3) is 3.23. The number of carbonyl (C=O) groups is 2. The number of rotatable bonds is 3. The van der Waals surface area contributed by atoms with Crippen molar-refractivity contribution >= 4 is 45.9 Å². The van der Waals surface area contributed by atoms with Crippen LogP contribution in [-0.2, 0) is 4.79 Å². The zero-order valence-corrected chi connectivity index (χ0v) is 16.8. The number of phenols is 1. The van der Waals surface area contributed by atoms with E-state index in [1.165, 1.54) is 35.9 Å². The van der Waals surface area contributed by atoms with Gasteiger partial charge < -0.3 is 10.4 Å². The number of aromatic nitrogens is 1. The molecular formula is C20H17Cl2FN2O3. The number of likely N-dealkylation sites (N-methyl/N-ethyl adjacent to an activating group) is 1. The van der Waals surface area contributed by atoms with Gasteiger partial charge in [-0.25, -0.2) is 4.39 Å². The topological polar surface area (TPSA) is 71.3 Å². The number of aromatic hydroxyl groups is 1. The van der Waals surface area contributed by atoms with Crippen LogP contribution >= 0.6 is 23.2 Å². The Balaban J connectivity index is 2.31. The van der Waals surface area contributed by atoms with Gasteiger partial charge in [0.15, 0.2) is 11.6 Å². The lowest BCUT2D eigenvalue weighted by molar-refractivity contribution is -0.121. The summed E-state index contributed by atoms with van der Waals surface area (Å²) in [7, 11) is 1.51. The minimum absolute atomic E-state index is 0.212. The first-order chi connectivity index (χ1) is 13.2. The molecule has 1 aromatic heterocycles. The number of amides is 1. The maximum Gasteiger partial charge on any atom is 0.262 e. The molecule has 0 fully saturated rings. The molecule has 1 atom stereocenters. The van der Waals surface area contributed by atoms with Gasteiger partial charge in [-0.15, -0.1) is 0 Å². The minimum Gasteiger partial charge on any atom is -0.505 e. The van der Waals surface area contributed by atoms with E-state index in [9.17, 15) is 19.1 Å². The van der Waals surface area contributed by atoms with Crippen molar-refractivity contribution in [2.45, 2.75) is 19.8 Å². The summed E-state index contributed by atoms with van der Waals surface area (Å²) in [5.74, 6) is -2.78. The Morgan fingerprint density at radius 3 is 2.46 bits per heavy atom. The van der Waals surface area contributed by atoms with Crippen LogP contribution in [0.15, 0.2) is 30.3 Å². The fraction of sp³-hybridized carbons (Fsp3) is 0.200. The van der Waals surface area contributed by atoms with E-state index in [1.807, 2.05) is 0 Å². The van der Waals surface area contributed by atoms with E-state index in [-0.39, 0.29) is 22.0 Å². The first-order valence-corrected chi connectivity index (χ1v) is 9.17. The first-order valence-electron chi connectivity index (χ1n) is 8.42. The molecule has 3 aromatic rings. The maximum absolute atomic E-state index is 14.1. The van der Waals surface area contributed by atoms with Crippen LogP contribution in [0.2, 0.25) is 10.0 Å². The predicted octanol–water partition coefficient (Wildman–Crippen LogP) is 4.64. The Labute approximate surface area is 170 Å². The second-order valence-electron chi connectivity index (χ2n) is 6.43. The monoisotopic (exact) mass is 422 g/mol. The van der Waals surface area contributed by atoms with Gasteiger partial charge in [-0.1, -0.05) is 23.2 Å². The summed E-state index contributed by atoms with van der Waals surface area (Å²) in [5, 5.41) is 13.3. The van der Waals surface area contributed by atoms with E-state index in [0.717, 1.165) is 6.07 Å². The Morgan fingerprint density at radius 1 is 1.18 bits per heavy atom. The van der Waals surface area contributed by atoms with Crippen LogP contribution in [0.3, 0.4) is 0 Å². The van der Waals surface area contributed by atoms with Crippen LogP contribution in [0.4, 0.5) is 4.39 Å². The van der Waals surface area contributed by atoms with Crippen molar-refractivity contribution in [3.05, 3.63) is 63.0 Å². The van der Waals surface area contributed by atoms with Crippen molar-refractivity contribution in [3.63, 3.8) is 0 Å². The van der Waals surface area contributed by atoms with Crippen LogP contribution < -0.4 is 5.32 Å². The van der Waals surface area contributed by atoms with Gasteiger partial charge in [-0.3, -0.25) is 14.2 Å². The predicted molar refractivity (Wildman–Crippen MR) is 107 cm³/mol. The third-order valence-electron chi connectivity index (χ3n) is 4.76. The molecule has 0 bridgehead atoms. The quantitative estimate of drug-likeness (QED) is 0.645. The highest BCUT2D eigenvalue weighted by atomic mass is 35.5. The summed E-state index contributed by atoms with van der Waals surface area (Å²) < 4.78 is 15.4. The molecule has 2 aromatic carbocycles. The van der Waals surface area contributed by atoms with Crippen molar-refractivity contribution in [1.82, 2.24) is 9.88 Å². The summed E-state index contributed by atoms with van der Waals surface area (Å²) in [6.07, 6.45) is 0. The molecule has 0 spiro atoms. The maximum atomic E-state index is 14.1. The molecule has 5 nitrogen and oxygen atoms in total. The molecular weight excluding hydrogens is 406 g/mol. The lowest BCUT2D eigenvalue weighted by atomic mass is 9.97. The molecule has 146 valence electrons. The normalized spacial score (nSPS) is 12.2. The summed E-state index contributed by atoms with van der Waals surface area (Å²) in [6, 6.07) is 6.74. The number of phenolic OH excluding ortho intramolecular Hbond substituents is 1. The summed E-state index contributed by atoms with van der Waals surface area (Å²) in [5.41, 5.74) is 1.49. The number of nitrogens with one attached hydrogen (secondary N) is 1. The molecule has 28 heavy (non-hydrogen) atoms. The second-order valence-corrected chi connectivity index (χ2v) is 7.24. The molecule has 1 unspecified atom stereocenters. The molecule has 8 heteroatoms. The van der Waals surface area contributed by atoms with Crippen LogP contribution in [0.25, 0.3) is 10.9 Å². The van der Waals surface area contributed by atoms with Gasteiger partial charge in [-0.2, -0.15) is 0 Å². The van der Waals surface area contributed by atoms with Gasteiger partial charge in [-0.05, 0) is 43.7 Å². The zero-order chi connectivity index (χ0) is 20.7. The number of halogens is 3. The van der Waals surface area contributed by atoms with E-state index in [1.54, 1.807) is 13.8 Å². The van der Waals surface area contributed by atoms with Gasteiger partial charge in [0, 0.05) is 29.8 Å². The van der Waals surface area contributed by atoms with Gasteiger partial charge in [0.2, 0.25) is 5.91 Å². The molecule has 0 saturated heterocycles. The molecule has 0 radical (unpaired) electrons. The lowest BCUT2D eigenvalue weighted by Gasteiger charge is -2.12. The number of carbonyl (C=O) groups excluding carboxylic acids is 2. The van der Waals surface area contributed by atoms with Crippen LogP contribution in [0.5, 0.6) is 5.75 Å². The smallest absolute Gasteiger partial charge is 0.262 e. The molecule has 0 aliphatic carbocycles. The van der Waals surface area contributed by atoms with E-state index in [2.05, 4.69) is 5.32 Å². The molecule has 3 rings (SSSR count). The highest BCUT2D eigenvalue weighted by Gasteiger charge is 2.27. The number of hydrogen-bond acceptors (Lipinski definition) is 3. The Hall–Kier alpha value is -2.57. The number of hydrogen-bond donors (Lipinski definition) is 2. The van der Waals surface area contributed by atoms with Crippen LogP contribution in [0, 0.1) is 12.7 Å². The Morgan fingerprint density at radius 2 is 1.86 bits per heavy atom. The highest BCUT2D eigenvalue weighted by molar-refractivity contribution is 6.42. The average Bonchev–Trinajstić information content (AvgIpc) is 2.93. The largest absolute Gasteiger partial charge is 0.505 e. The fourth-order valence-corrected chi connectivity index (χ4v) is 3.66. The molecule has 0 aliphatic rings. The van der Waals surface area contributed by atoms with Crippen LogP contribution in [-0.4, -0.2) is 28.5 Å². The standard InChI is InChI=1S/C20H17Cl2FN2O3/c1-9(19(27)24-3)18-10(2)25(16-8-15(23)17(26)7-12(16)18)20(28)11-4-5-13(21)14(22)6-11/h4-9,26H,1-3H3,(H,24,27). The number of benzene rings is 2. The van der Waals surface area contributed by atoms with E-state index >= 15 is 0 Å². The van der Waals surface area contributed by atoms with Gasteiger partial charge in [0.05, 0.1) is 21.5 Å². The van der Waals surface area contributed by atoms with Gasteiger partial charge >= 0.3 is 0 Å². The van der Waals surface area contributed by atoms with Crippen LogP contribution in [0.1, 0.15) is 34.5 Å². The molecule has 0 aliphatic heterocycles. The van der Waals surface area contributed by atoms with E-state index in [4.69, 9.17) is 23.2 Å². The van der Waals surface area contributed by atoms with E-state index < -0.39 is 23.4 Å². The van der Waals surface area contributed by atoms with Gasteiger partial charge in [0.25, 0.3) is 5.91 Å². The minimum atomic E-state index is -0.868. The van der Waals surface area contributed by atoms with E-state index in [0.29, 0.717) is 21.7 Å². The summed E-state index contributed by atoms with van der Waals surface area (Å²) in [4.78, 5) is 25.4. The zero-order valence-electron chi connectivity index (χ0n) is 15.3. The molecule has 2 N–H and O–H groups in total. The lowest BCUT2D eigenvalue weighted by Crippen LogP contribution is -2.24. The Kier molecular flexibility index (Phi) is 5.37. The van der Waals surface area contributed by atoms with Crippen molar-refractivity contribution in [1.29, 1.82) is 0 Å². The summed E-state index contributed by atoms with van der Waals surface area (Å²) >= 11 is 11.9. The number of nitrogens with zero attached hydrogens (tertiary/aromatic N) is 1. The number of fused-ring (bicyclic) bond motifs is 1. The van der Waals surface area contributed by atoms with Crippen molar-refractivity contribution in [2.24, 2.45) is 0 Å².